The zero-order valence-corrected chi connectivity index (χ0v) is 11.1. The van der Waals surface area contributed by atoms with E-state index < -0.39 is 15.4 Å². The van der Waals surface area contributed by atoms with Gasteiger partial charge in [0.25, 0.3) is 0 Å². The van der Waals surface area contributed by atoms with Crippen molar-refractivity contribution in [3.8, 4) is 6.07 Å². The van der Waals surface area contributed by atoms with E-state index in [0.717, 1.165) is 11.3 Å². The fourth-order valence-electron chi connectivity index (χ4n) is 2.24. The van der Waals surface area contributed by atoms with Crippen LogP contribution in [0.25, 0.3) is 0 Å². The smallest absolute Gasteiger partial charge is 0.153 e. The summed E-state index contributed by atoms with van der Waals surface area (Å²) >= 11 is 0. The van der Waals surface area contributed by atoms with E-state index in [-0.39, 0.29) is 11.5 Å². The lowest BCUT2D eigenvalue weighted by Gasteiger charge is -2.32. The molecule has 0 saturated carbocycles. The summed E-state index contributed by atoms with van der Waals surface area (Å²) in [5, 5.41) is 12.4. The van der Waals surface area contributed by atoms with Crippen molar-refractivity contribution in [2.75, 3.05) is 16.8 Å². The van der Waals surface area contributed by atoms with Gasteiger partial charge in [0.15, 0.2) is 9.84 Å². The van der Waals surface area contributed by atoms with Crippen molar-refractivity contribution in [1.29, 1.82) is 5.26 Å². The lowest BCUT2D eigenvalue weighted by molar-refractivity contribution is 0.519. The molecule has 0 aromatic heterocycles. The summed E-state index contributed by atoms with van der Waals surface area (Å²) in [6, 6.07) is 9.76. The molecule has 1 aliphatic heterocycles. The molecule has 0 amide bonds. The predicted octanol–water partition coefficient (Wildman–Crippen LogP) is 1.88. The normalized spacial score (nSPS) is 26.2. The highest BCUT2D eigenvalue weighted by atomic mass is 32.2. The summed E-state index contributed by atoms with van der Waals surface area (Å²) in [5.74, 6) is 0.0797. The molecule has 2 rings (SSSR count). The molecule has 1 fully saturated rings. The maximum Gasteiger partial charge on any atom is 0.153 e. The second-order valence-electron chi connectivity index (χ2n) is 4.88. The highest BCUT2D eigenvalue weighted by molar-refractivity contribution is 7.91. The third kappa shape index (κ3) is 2.82. The SMILES string of the molecule is Cc1ccc(NC2(C#N)CCCS(=O)(=O)C2)cc1. The summed E-state index contributed by atoms with van der Waals surface area (Å²) in [6.45, 7) is 1.98. The standard InChI is InChI=1S/C13H16N2O2S/c1-11-3-5-12(6-4-11)15-13(9-14)7-2-8-18(16,17)10-13/h3-6,15H,2,7-8,10H2,1H3. The van der Waals surface area contributed by atoms with Crippen molar-refractivity contribution >= 4 is 15.5 Å². The van der Waals surface area contributed by atoms with Crippen molar-refractivity contribution in [2.24, 2.45) is 0 Å². The maximum atomic E-state index is 11.7. The van der Waals surface area contributed by atoms with Gasteiger partial charge in [-0.15, -0.1) is 0 Å². The Morgan fingerprint density at radius 2 is 2.00 bits per heavy atom. The van der Waals surface area contributed by atoms with E-state index >= 15 is 0 Å². The van der Waals surface area contributed by atoms with E-state index in [4.69, 9.17) is 0 Å². The molecule has 1 aliphatic rings. The topological polar surface area (TPSA) is 70.0 Å². The molecule has 4 nitrogen and oxygen atoms in total. The Kier molecular flexibility index (Phi) is 3.31. The van der Waals surface area contributed by atoms with Gasteiger partial charge in [0.05, 0.1) is 17.6 Å². The van der Waals surface area contributed by atoms with Crippen molar-refractivity contribution < 1.29 is 8.42 Å². The van der Waals surface area contributed by atoms with Crippen LogP contribution in [0.3, 0.4) is 0 Å². The number of hydrogen-bond acceptors (Lipinski definition) is 4. The Balaban J connectivity index is 2.24. The molecular weight excluding hydrogens is 248 g/mol. The van der Waals surface area contributed by atoms with Crippen LogP contribution < -0.4 is 5.32 Å². The molecule has 1 saturated heterocycles. The van der Waals surface area contributed by atoms with Gasteiger partial charge in [0.1, 0.15) is 5.54 Å². The molecule has 1 N–H and O–H groups in total. The molecule has 0 aliphatic carbocycles. The minimum absolute atomic E-state index is 0.107. The van der Waals surface area contributed by atoms with Crippen molar-refractivity contribution in [3.63, 3.8) is 0 Å². The molecule has 1 aromatic carbocycles. The van der Waals surface area contributed by atoms with Crippen molar-refractivity contribution in [2.45, 2.75) is 25.3 Å². The number of hydrogen-bond donors (Lipinski definition) is 1. The minimum atomic E-state index is -3.12. The van der Waals surface area contributed by atoms with Gasteiger partial charge in [-0.3, -0.25) is 0 Å². The number of benzene rings is 1. The van der Waals surface area contributed by atoms with Crippen LogP contribution in [0.5, 0.6) is 0 Å². The predicted molar refractivity (Wildman–Crippen MR) is 71.0 cm³/mol. The monoisotopic (exact) mass is 264 g/mol. The van der Waals surface area contributed by atoms with Crippen LogP contribution in [0.1, 0.15) is 18.4 Å². The summed E-state index contributed by atoms with van der Waals surface area (Å²) in [4.78, 5) is 0. The lowest BCUT2D eigenvalue weighted by atomic mass is 9.96. The molecule has 1 unspecified atom stereocenters. The van der Waals surface area contributed by atoms with Crippen molar-refractivity contribution in [3.05, 3.63) is 29.8 Å². The number of nitriles is 1. The van der Waals surface area contributed by atoms with E-state index in [9.17, 15) is 13.7 Å². The summed E-state index contributed by atoms with van der Waals surface area (Å²) in [6.07, 6.45) is 1.10. The first kappa shape index (κ1) is 12.9. The first-order valence-electron chi connectivity index (χ1n) is 5.91. The Hall–Kier alpha value is -1.54. The van der Waals surface area contributed by atoms with Gasteiger partial charge < -0.3 is 5.32 Å². The average molecular weight is 264 g/mol. The number of sulfone groups is 1. The molecule has 0 bridgehead atoms. The molecular formula is C13H16N2O2S. The van der Waals surface area contributed by atoms with Crippen LogP contribution in [0.4, 0.5) is 5.69 Å². The van der Waals surface area contributed by atoms with E-state index in [1.165, 1.54) is 0 Å². The van der Waals surface area contributed by atoms with Gasteiger partial charge in [0.2, 0.25) is 0 Å². The molecule has 5 heteroatoms. The minimum Gasteiger partial charge on any atom is -0.367 e. The van der Waals surface area contributed by atoms with Gasteiger partial charge in [-0.25, -0.2) is 8.42 Å². The molecule has 0 radical (unpaired) electrons. The number of nitrogens with zero attached hydrogens (tertiary/aromatic N) is 1. The zero-order chi connectivity index (χ0) is 13.2. The number of aryl methyl sites for hydroxylation is 1. The van der Waals surface area contributed by atoms with E-state index in [1.54, 1.807) is 0 Å². The summed E-state index contributed by atoms with van der Waals surface area (Å²) in [7, 11) is -3.12. The number of anilines is 1. The summed E-state index contributed by atoms with van der Waals surface area (Å²) < 4.78 is 23.4. The van der Waals surface area contributed by atoms with Crippen LogP contribution in [0.15, 0.2) is 24.3 Å². The Labute approximate surface area is 108 Å². The molecule has 96 valence electrons. The van der Waals surface area contributed by atoms with Gasteiger partial charge in [-0.2, -0.15) is 5.26 Å². The number of nitrogens with one attached hydrogen (secondary N) is 1. The fourth-order valence-corrected chi connectivity index (χ4v) is 4.00. The molecule has 1 atom stereocenters. The van der Waals surface area contributed by atoms with Crippen LogP contribution in [0.2, 0.25) is 0 Å². The lowest BCUT2D eigenvalue weighted by Crippen LogP contribution is -2.47. The van der Waals surface area contributed by atoms with Gasteiger partial charge in [-0.05, 0) is 31.9 Å². The number of rotatable bonds is 2. The van der Waals surface area contributed by atoms with Crippen LogP contribution in [-0.2, 0) is 9.84 Å². The second-order valence-corrected chi connectivity index (χ2v) is 7.06. The highest BCUT2D eigenvalue weighted by Gasteiger charge is 2.39. The Morgan fingerprint density at radius 1 is 1.33 bits per heavy atom. The summed E-state index contributed by atoms with van der Waals surface area (Å²) in [5.41, 5.74) is 0.939. The zero-order valence-electron chi connectivity index (χ0n) is 10.3. The third-order valence-electron chi connectivity index (χ3n) is 3.17. The molecule has 0 spiro atoms. The van der Waals surface area contributed by atoms with E-state index in [0.29, 0.717) is 12.8 Å². The largest absolute Gasteiger partial charge is 0.367 e. The van der Waals surface area contributed by atoms with Gasteiger partial charge in [-0.1, -0.05) is 17.7 Å². The Morgan fingerprint density at radius 3 is 2.56 bits per heavy atom. The van der Waals surface area contributed by atoms with Crippen LogP contribution in [-0.4, -0.2) is 25.5 Å². The van der Waals surface area contributed by atoms with E-state index in [2.05, 4.69) is 11.4 Å². The van der Waals surface area contributed by atoms with Crippen molar-refractivity contribution in [1.82, 2.24) is 0 Å². The average Bonchev–Trinajstić information content (AvgIpc) is 2.31. The van der Waals surface area contributed by atoms with Crippen LogP contribution >= 0.6 is 0 Å². The highest BCUT2D eigenvalue weighted by Crippen LogP contribution is 2.27. The van der Waals surface area contributed by atoms with Gasteiger partial charge in [0, 0.05) is 5.69 Å². The van der Waals surface area contributed by atoms with Gasteiger partial charge >= 0.3 is 0 Å². The first-order chi connectivity index (χ1) is 8.45. The van der Waals surface area contributed by atoms with E-state index in [1.807, 2.05) is 31.2 Å². The first-order valence-corrected chi connectivity index (χ1v) is 7.73. The quantitative estimate of drug-likeness (QED) is 0.885. The van der Waals surface area contributed by atoms with Crippen LogP contribution in [0, 0.1) is 18.3 Å². The maximum absolute atomic E-state index is 11.7. The molecule has 18 heavy (non-hydrogen) atoms. The molecule has 1 heterocycles. The third-order valence-corrected chi connectivity index (χ3v) is 5.02. The Bertz CT molecular complexity index is 572. The second kappa shape index (κ2) is 4.62. The molecule has 1 aromatic rings. The fraction of sp³-hybridized carbons (Fsp3) is 0.462.